The molecule has 0 saturated heterocycles. The predicted molar refractivity (Wildman–Crippen MR) is 74.7 cm³/mol. The van der Waals surface area contributed by atoms with Crippen molar-refractivity contribution in [2.75, 3.05) is 24.8 Å². The van der Waals surface area contributed by atoms with E-state index in [9.17, 15) is 0 Å². The van der Waals surface area contributed by atoms with Gasteiger partial charge in [-0.25, -0.2) is 4.98 Å². The number of aromatic amines is 1. The Morgan fingerprint density at radius 2 is 2.33 bits per heavy atom. The van der Waals surface area contributed by atoms with E-state index < -0.39 is 0 Å². The normalized spacial score (nSPS) is 12.8. The van der Waals surface area contributed by atoms with Crippen molar-refractivity contribution in [3.05, 3.63) is 18.2 Å². The minimum atomic E-state index is 0.276. The topological polar surface area (TPSA) is 76.0 Å². The average molecular weight is 248 g/mol. The Morgan fingerprint density at radius 1 is 1.50 bits per heavy atom. The number of hydrogen-bond acceptors (Lipinski definition) is 4. The third-order valence-electron chi connectivity index (χ3n) is 2.85. The minimum absolute atomic E-state index is 0.276. The van der Waals surface area contributed by atoms with Gasteiger partial charge in [0.05, 0.1) is 23.7 Å². The van der Waals surface area contributed by atoms with Crippen LogP contribution in [0.1, 0.15) is 19.8 Å². The number of nitrogen functional groups attached to an aromatic ring is 1. The van der Waals surface area contributed by atoms with Gasteiger partial charge in [0.15, 0.2) is 0 Å². The average Bonchev–Trinajstić information content (AvgIpc) is 2.71. The molecule has 0 amide bonds. The summed E-state index contributed by atoms with van der Waals surface area (Å²) in [6, 6.07) is 5.93. The van der Waals surface area contributed by atoms with E-state index in [-0.39, 0.29) is 6.04 Å². The smallest absolute Gasteiger partial charge is 0.201 e. The summed E-state index contributed by atoms with van der Waals surface area (Å²) in [6.07, 6.45) is 2.15. The molecule has 5 heteroatoms. The van der Waals surface area contributed by atoms with Crippen LogP contribution >= 0.6 is 0 Å². The minimum Gasteiger partial charge on any atom is -0.399 e. The molecule has 0 saturated carbocycles. The van der Waals surface area contributed by atoms with E-state index in [0.717, 1.165) is 35.5 Å². The van der Waals surface area contributed by atoms with Crippen LogP contribution in [0.3, 0.4) is 0 Å². The Labute approximate surface area is 107 Å². The van der Waals surface area contributed by atoms with Crippen LogP contribution < -0.4 is 11.1 Å². The van der Waals surface area contributed by atoms with Crippen molar-refractivity contribution in [3.63, 3.8) is 0 Å². The maximum Gasteiger partial charge on any atom is 0.201 e. The number of hydrogen-bond donors (Lipinski definition) is 3. The van der Waals surface area contributed by atoms with Crippen LogP contribution in [0.4, 0.5) is 11.6 Å². The Balaban J connectivity index is 2.14. The van der Waals surface area contributed by atoms with Crippen molar-refractivity contribution in [1.82, 2.24) is 9.97 Å². The molecule has 2 aromatic rings. The van der Waals surface area contributed by atoms with Gasteiger partial charge in [-0.15, -0.1) is 0 Å². The van der Waals surface area contributed by atoms with E-state index in [0.29, 0.717) is 6.61 Å². The SMILES string of the molecule is CCCC(COC)Nc1nc2ccc(N)cc2[nH]1. The molecule has 0 bridgehead atoms. The number of rotatable bonds is 6. The standard InChI is InChI=1S/C13H20N4O/c1-3-4-10(8-18-2)15-13-16-11-6-5-9(14)7-12(11)17-13/h5-7,10H,3-4,8,14H2,1-2H3,(H2,15,16,17). The van der Waals surface area contributed by atoms with Gasteiger partial charge < -0.3 is 20.8 Å². The Morgan fingerprint density at radius 3 is 3.06 bits per heavy atom. The van der Waals surface area contributed by atoms with Crippen molar-refractivity contribution in [1.29, 1.82) is 0 Å². The number of aromatic nitrogens is 2. The van der Waals surface area contributed by atoms with E-state index in [1.807, 2.05) is 18.2 Å². The third-order valence-corrected chi connectivity index (χ3v) is 2.85. The van der Waals surface area contributed by atoms with E-state index in [4.69, 9.17) is 10.5 Å². The lowest BCUT2D eigenvalue weighted by Crippen LogP contribution is -2.25. The molecule has 0 aliphatic rings. The second kappa shape index (κ2) is 5.73. The van der Waals surface area contributed by atoms with Gasteiger partial charge in [-0.2, -0.15) is 0 Å². The van der Waals surface area contributed by atoms with Crippen molar-refractivity contribution < 1.29 is 4.74 Å². The molecule has 0 aliphatic heterocycles. The number of H-pyrrole nitrogens is 1. The third kappa shape index (κ3) is 2.92. The fraction of sp³-hybridized carbons (Fsp3) is 0.462. The lowest BCUT2D eigenvalue weighted by Gasteiger charge is -2.16. The fourth-order valence-corrected chi connectivity index (χ4v) is 2.04. The molecule has 1 atom stereocenters. The summed E-state index contributed by atoms with van der Waals surface area (Å²) in [5.41, 5.74) is 8.34. The zero-order valence-electron chi connectivity index (χ0n) is 10.9. The van der Waals surface area contributed by atoms with Gasteiger partial charge in [0.1, 0.15) is 0 Å². The number of benzene rings is 1. The molecular weight excluding hydrogens is 228 g/mol. The van der Waals surface area contributed by atoms with Crippen LogP contribution in [0, 0.1) is 0 Å². The molecule has 5 nitrogen and oxygen atoms in total. The molecule has 0 radical (unpaired) electrons. The van der Waals surface area contributed by atoms with Crippen molar-refractivity contribution in [3.8, 4) is 0 Å². The van der Waals surface area contributed by atoms with Gasteiger partial charge in [-0.3, -0.25) is 0 Å². The molecule has 0 spiro atoms. The monoisotopic (exact) mass is 248 g/mol. The highest BCUT2D eigenvalue weighted by molar-refractivity contribution is 5.80. The van der Waals surface area contributed by atoms with E-state index in [1.165, 1.54) is 0 Å². The molecule has 1 aromatic carbocycles. The predicted octanol–water partition coefficient (Wildman–Crippen LogP) is 2.37. The Kier molecular flexibility index (Phi) is 4.04. The molecule has 0 fully saturated rings. The summed E-state index contributed by atoms with van der Waals surface area (Å²) in [5, 5.41) is 3.36. The molecule has 2 rings (SSSR count). The Hall–Kier alpha value is -1.75. The number of ether oxygens (including phenoxy) is 1. The summed E-state index contributed by atoms with van der Waals surface area (Å²) in [6.45, 7) is 2.83. The zero-order valence-corrected chi connectivity index (χ0v) is 10.9. The highest BCUT2D eigenvalue weighted by Gasteiger charge is 2.10. The first-order chi connectivity index (χ1) is 8.72. The number of imidazole rings is 1. The summed E-state index contributed by atoms with van der Waals surface area (Å²) in [5.74, 6) is 0.770. The first-order valence-corrected chi connectivity index (χ1v) is 6.23. The van der Waals surface area contributed by atoms with Crippen LogP contribution in [-0.4, -0.2) is 29.7 Å². The van der Waals surface area contributed by atoms with Gasteiger partial charge in [-0.1, -0.05) is 13.3 Å². The molecule has 0 aliphatic carbocycles. The van der Waals surface area contributed by atoms with Crippen LogP contribution in [0.5, 0.6) is 0 Å². The summed E-state index contributed by atoms with van der Waals surface area (Å²) in [4.78, 5) is 7.71. The second-order valence-electron chi connectivity index (χ2n) is 4.45. The highest BCUT2D eigenvalue weighted by atomic mass is 16.5. The highest BCUT2D eigenvalue weighted by Crippen LogP contribution is 2.18. The van der Waals surface area contributed by atoms with Crippen molar-refractivity contribution in [2.45, 2.75) is 25.8 Å². The number of methoxy groups -OCH3 is 1. The van der Waals surface area contributed by atoms with Gasteiger partial charge in [0.25, 0.3) is 0 Å². The molecule has 98 valence electrons. The molecular formula is C13H20N4O. The number of nitrogens with two attached hydrogens (primary N) is 1. The first-order valence-electron chi connectivity index (χ1n) is 6.23. The van der Waals surface area contributed by atoms with Gasteiger partial charge >= 0.3 is 0 Å². The molecule has 1 unspecified atom stereocenters. The molecule has 1 aromatic heterocycles. The number of nitrogens with one attached hydrogen (secondary N) is 2. The number of nitrogens with zero attached hydrogens (tertiary/aromatic N) is 1. The summed E-state index contributed by atoms with van der Waals surface area (Å²) in [7, 11) is 1.71. The number of anilines is 2. The molecule has 4 N–H and O–H groups in total. The van der Waals surface area contributed by atoms with Crippen LogP contribution in [0.25, 0.3) is 11.0 Å². The lowest BCUT2D eigenvalue weighted by molar-refractivity contribution is 0.182. The van der Waals surface area contributed by atoms with Gasteiger partial charge in [0, 0.05) is 12.8 Å². The van der Waals surface area contributed by atoms with Crippen molar-refractivity contribution in [2.24, 2.45) is 0 Å². The second-order valence-corrected chi connectivity index (χ2v) is 4.45. The van der Waals surface area contributed by atoms with Crippen molar-refractivity contribution >= 4 is 22.7 Å². The fourth-order valence-electron chi connectivity index (χ4n) is 2.04. The maximum atomic E-state index is 5.74. The maximum absolute atomic E-state index is 5.74. The largest absolute Gasteiger partial charge is 0.399 e. The molecule has 18 heavy (non-hydrogen) atoms. The van der Waals surface area contributed by atoms with E-state index in [2.05, 4.69) is 22.2 Å². The van der Waals surface area contributed by atoms with Gasteiger partial charge in [0.2, 0.25) is 5.95 Å². The van der Waals surface area contributed by atoms with Crippen LogP contribution in [0.15, 0.2) is 18.2 Å². The molecule has 1 heterocycles. The Bertz CT molecular complexity index is 503. The van der Waals surface area contributed by atoms with Crippen LogP contribution in [-0.2, 0) is 4.74 Å². The lowest BCUT2D eigenvalue weighted by atomic mass is 10.2. The number of fused-ring (bicyclic) bond motifs is 1. The van der Waals surface area contributed by atoms with Crippen LogP contribution in [0.2, 0.25) is 0 Å². The quantitative estimate of drug-likeness (QED) is 0.686. The van der Waals surface area contributed by atoms with E-state index >= 15 is 0 Å². The summed E-state index contributed by atoms with van der Waals surface area (Å²) < 4.78 is 5.20. The summed E-state index contributed by atoms with van der Waals surface area (Å²) >= 11 is 0. The van der Waals surface area contributed by atoms with E-state index in [1.54, 1.807) is 7.11 Å². The van der Waals surface area contributed by atoms with Gasteiger partial charge in [-0.05, 0) is 24.6 Å². The first kappa shape index (κ1) is 12.7. The zero-order chi connectivity index (χ0) is 13.0.